The molecule has 0 bridgehead atoms. The molecule has 1 heterocycles. The Morgan fingerprint density at radius 1 is 1.30 bits per heavy atom. The molecule has 0 saturated heterocycles. The van der Waals surface area contributed by atoms with Gasteiger partial charge in [-0.25, -0.2) is 8.78 Å². The fourth-order valence-electron chi connectivity index (χ4n) is 1.78. The first-order chi connectivity index (χ1) is 8.95. The molecule has 0 atom stereocenters. The summed E-state index contributed by atoms with van der Waals surface area (Å²) in [6, 6.07) is 2.44. The third-order valence-corrected chi connectivity index (χ3v) is 3.76. The van der Waals surface area contributed by atoms with Gasteiger partial charge >= 0.3 is 0 Å². The topological polar surface area (TPSA) is 12.5 Å². The third kappa shape index (κ3) is 3.31. The van der Waals surface area contributed by atoms with E-state index in [1.807, 2.05) is 0 Å². The average molecular weight is 463 g/mol. The molecule has 0 spiro atoms. The van der Waals surface area contributed by atoms with Crippen molar-refractivity contribution in [2.75, 3.05) is 14.2 Å². The van der Waals surface area contributed by atoms with Crippen LogP contribution in [0.5, 0.6) is 5.75 Å². The molecule has 1 radical (unpaired) electrons. The molecule has 103 valence electrons. The average Bonchev–Trinajstić information content (AvgIpc) is 2.35. The molecular formula is C14H11F2INOY-. The predicted octanol–water partition coefficient (Wildman–Crippen LogP) is 3.89. The third-order valence-electron chi connectivity index (χ3n) is 2.83. The van der Waals surface area contributed by atoms with Crippen LogP contribution in [0.4, 0.5) is 8.78 Å². The van der Waals surface area contributed by atoms with Crippen LogP contribution >= 0.6 is 22.6 Å². The molecule has 2 rings (SSSR count). The molecule has 0 unspecified atom stereocenters. The maximum absolute atomic E-state index is 13.7. The van der Waals surface area contributed by atoms with Crippen molar-refractivity contribution in [2.45, 2.75) is 0 Å². The minimum Gasteiger partial charge on any atom is -0.491 e. The van der Waals surface area contributed by atoms with Gasteiger partial charge in [0.05, 0.1) is 7.11 Å². The van der Waals surface area contributed by atoms with Crippen molar-refractivity contribution >= 4 is 28.3 Å². The number of halogens is 3. The van der Waals surface area contributed by atoms with Gasteiger partial charge in [0.1, 0.15) is 0 Å². The molecule has 1 aromatic carbocycles. The standard InChI is InChI=1S/C14H11F2INO.Y/c1-8-12(17)4-5-13(18(8)2)9-6-10(15)14(19-3)11(16)7-9;/h4,6-7H,1H2,2-3H3;/q-1;. The Labute approximate surface area is 155 Å². The predicted molar refractivity (Wildman–Crippen MR) is 78.6 cm³/mol. The number of likely N-dealkylation sites (N-methyl/N-ethyl adjacent to an activating group) is 1. The fraction of sp³-hybridized carbons (Fsp3) is 0.143. The fourth-order valence-corrected chi connectivity index (χ4v) is 2.29. The van der Waals surface area contributed by atoms with E-state index < -0.39 is 11.6 Å². The summed E-state index contributed by atoms with van der Waals surface area (Å²) >= 11 is 2.13. The second kappa shape index (κ2) is 7.14. The largest absolute Gasteiger partial charge is 0.491 e. The van der Waals surface area contributed by atoms with Gasteiger partial charge in [-0.3, -0.25) is 0 Å². The number of rotatable bonds is 2. The molecule has 0 fully saturated rings. The molecule has 1 aliphatic rings. The van der Waals surface area contributed by atoms with Crippen LogP contribution in [0, 0.1) is 17.7 Å². The van der Waals surface area contributed by atoms with Crippen LogP contribution in [-0.4, -0.2) is 19.1 Å². The normalized spacial score (nSPS) is 14.4. The van der Waals surface area contributed by atoms with E-state index in [0.29, 0.717) is 11.3 Å². The number of hydrogen-bond donors (Lipinski definition) is 0. The molecule has 0 aromatic heterocycles. The number of hydrogen-bond acceptors (Lipinski definition) is 2. The van der Waals surface area contributed by atoms with Gasteiger partial charge in [0, 0.05) is 39.8 Å². The van der Waals surface area contributed by atoms with E-state index in [4.69, 9.17) is 0 Å². The molecule has 1 aromatic rings. The molecule has 0 saturated carbocycles. The molecular weight excluding hydrogens is 452 g/mol. The SMILES string of the molecule is C=C1C(I)=C[C-]=C(c2cc(F)c(OC)c(F)c2)N1C.[Y]. The van der Waals surface area contributed by atoms with Crippen LogP contribution in [-0.2, 0) is 32.7 Å². The van der Waals surface area contributed by atoms with Crippen molar-refractivity contribution in [2.24, 2.45) is 0 Å². The molecule has 0 N–H and O–H groups in total. The molecule has 2 nitrogen and oxygen atoms in total. The maximum atomic E-state index is 13.7. The van der Waals surface area contributed by atoms with Crippen LogP contribution in [0.25, 0.3) is 5.70 Å². The van der Waals surface area contributed by atoms with Gasteiger partial charge in [-0.2, -0.15) is 12.2 Å². The van der Waals surface area contributed by atoms with Crippen LogP contribution in [0.3, 0.4) is 0 Å². The van der Waals surface area contributed by atoms with E-state index >= 15 is 0 Å². The van der Waals surface area contributed by atoms with Crippen molar-refractivity contribution in [3.05, 3.63) is 57.3 Å². The Hall–Kier alpha value is -0.266. The Balaban J connectivity index is 0.00000200. The summed E-state index contributed by atoms with van der Waals surface area (Å²) in [4.78, 5) is 1.74. The first-order valence-corrected chi connectivity index (χ1v) is 6.49. The smallest absolute Gasteiger partial charge is 0.188 e. The summed E-state index contributed by atoms with van der Waals surface area (Å²) in [7, 11) is 3.00. The second-order valence-corrected chi connectivity index (χ2v) is 5.13. The first-order valence-electron chi connectivity index (χ1n) is 5.41. The summed E-state index contributed by atoms with van der Waals surface area (Å²) in [5.41, 5.74) is 1.71. The zero-order valence-corrected chi connectivity index (χ0v) is 16.0. The van der Waals surface area contributed by atoms with E-state index in [1.165, 1.54) is 19.2 Å². The summed E-state index contributed by atoms with van der Waals surface area (Å²) in [5.74, 6) is -1.86. The number of nitrogens with zero attached hydrogens (tertiary/aromatic N) is 1. The number of benzene rings is 1. The Kier molecular flexibility index (Phi) is 6.35. The Bertz CT molecular complexity index is 590. The number of allylic oxidation sites excluding steroid dienone is 3. The van der Waals surface area contributed by atoms with E-state index in [2.05, 4.69) is 40.0 Å². The monoisotopic (exact) mass is 463 g/mol. The van der Waals surface area contributed by atoms with Gasteiger partial charge in [-0.15, -0.1) is 22.6 Å². The molecule has 1 aliphatic heterocycles. The van der Waals surface area contributed by atoms with E-state index in [1.54, 1.807) is 18.0 Å². The summed E-state index contributed by atoms with van der Waals surface area (Å²) in [5, 5.41) is 0. The van der Waals surface area contributed by atoms with Gasteiger partial charge in [-0.1, -0.05) is 33.6 Å². The Morgan fingerprint density at radius 2 is 1.85 bits per heavy atom. The molecule has 0 aliphatic carbocycles. The van der Waals surface area contributed by atoms with Crippen molar-refractivity contribution in [1.82, 2.24) is 4.90 Å². The van der Waals surface area contributed by atoms with Gasteiger partial charge < -0.3 is 9.64 Å². The van der Waals surface area contributed by atoms with Crippen LogP contribution < -0.4 is 4.74 Å². The maximum Gasteiger partial charge on any atom is 0.188 e. The molecule has 6 heteroatoms. The number of methoxy groups -OCH3 is 1. The zero-order valence-electron chi connectivity index (χ0n) is 11.0. The Morgan fingerprint density at radius 3 is 2.35 bits per heavy atom. The van der Waals surface area contributed by atoms with Gasteiger partial charge in [0.25, 0.3) is 0 Å². The summed E-state index contributed by atoms with van der Waals surface area (Å²) in [6.07, 6.45) is 4.73. The van der Waals surface area contributed by atoms with Crippen LogP contribution in [0.2, 0.25) is 0 Å². The quantitative estimate of drug-likeness (QED) is 0.488. The minimum absolute atomic E-state index is 0. The van der Waals surface area contributed by atoms with Crippen LogP contribution in [0.1, 0.15) is 5.56 Å². The summed E-state index contributed by atoms with van der Waals surface area (Å²) < 4.78 is 33.0. The summed E-state index contributed by atoms with van der Waals surface area (Å²) in [6.45, 7) is 3.91. The van der Waals surface area contributed by atoms with Crippen molar-refractivity contribution < 1.29 is 46.2 Å². The van der Waals surface area contributed by atoms with Crippen molar-refractivity contribution in [3.8, 4) is 5.75 Å². The first kappa shape index (κ1) is 17.8. The van der Waals surface area contributed by atoms with Crippen molar-refractivity contribution in [3.63, 3.8) is 0 Å². The van der Waals surface area contributed by atoms with E-state index in [9.17, 15) is 8.78 Å². The van der Waals surface area contributed by atoms with Gasteiger partial charge in [-0.05, 0) is 5.70 Å². The van der Waals surface area contributed by atoms with Gasteiger partial charge in [0.2, 0.25) is 0 Å². The molecule has 0 amide bonds. The number of ether oxygens (including phenoxy) is 1. The zero-order chi connectivity index (χ0) is 14.2. The van der Waals surface area contributed by atoms with Crippen LogP contribution in [0.15, 0.2) is 34.1 Å². The molecule has 20 heavy (non-hydrogen) atoms. The van der Waals surface area contributed by atoms with E-state index in [-0.39, 0.29) is 38.5 Å². The minimum atomic E-state index is -0.741. The van der Waals surface area contributed by atoms with Gasteiger partial charge in [0.15, 0.2) is 17.4 Å². The van der Waals surface area contributed by atoms with E-state index in [0.717, 1.165) is 9.28 Å². The van der Waals surface area contributed by atoms with Crippen molar-refractivity contribution in [1.29, 1.82) is 0 Å². The second-order valence-electron chi connectivity index (χ2n) is 3.96.